The summed E-state index contributed by atoms with van der Waals surface area (Å²) in [4.78, 5) is 2.28. The summed E-state index contributed by atoms with van der Waals surface area (Å²) in [6.45, 7) is 10.6. The summed E-state index contributed by atoms with van der Waals surface area (Å²) in [6.07, 6.45) is 5.24. The SMILES string of the molecule is C=CCC[C@@H](O)CN(Cc1c(C)nn(-c2ccccc2)c1Oc1ccc(C)cc1)C[C@H]1CCCO1. The van der Waals surface area contributed by atoms with E-state index in [2.05, 4.69) is 18.4 Å². The van der Waals surface area contributed by atoms with Crippen molar-refractivity contribution >= 4 is 0 Å². The molecule has 0 bridgehead atoms. The molecule has 0 saturated carbocycles. The van der Waals surface area contributed by atoms with Crippen LogP contribution in [0.25, 0.3) is 5.69 Å². The second-order valence-electron chi connectivity index (χ2n) is 9.38. The molecule has 2 heterocycles. The molecular weight excluding hydrogens is 438 g/mol. The predicted molar refractivity (Wildman–Crippen MR) is 139 cm³/mol. The average Bonchev–Trinajstić information content (AvgIpc) is 3.48. The van der Waals surface area contributed by atoms with Gasteiger partial charge in [-0.25, -0.2) is 4.68 Å². The lowest BCUT2D eigenvalue weighted by molar-refractivity contribution is 0.0442. The maximum absolute atomic E-state index is 10.7. The van der Waals surface area contributed by atoms with Crippen LogP contribution < -0.4 is 4.74 Å². The van der Waals surface area contributed by atoms with Crippen molar-refractivity contribution in [3.05, 3.63) is 84.1 Å². The summed E-state index contributed by atoms with van der Waals surface area (Å²) < 4.78 is 14.3. The molecule has 2 atom stereocenters. The summed E-state index contributed by atoms with van der Waals surface area (Å²) in [5.41, 5.74) is 4.06. The number of ether oxygens (including phenoxy) is 2. The van der Waals surface area contributed by atoms with Crippen molar-refractivity contribution in [2.45, 2.75) is 58.3 Å². The summed E-state index contributed by atoms with van der Waals surface area (Å²) in [5, 5.41) is 15.6. The average molecular weight is 476 g/mol. The second kappa shape index (κ2) is 12.2. The van der Waals surface area contributed by atoms with Crippen molar-refractivity contribution in [3.8, 4) is 17.3 Å². The van der Waals surface area contributed by atoms with Crippen LogP contribution in [0.1, 0.15) is 42.5 Å². The summed E-state index contributed by atoms with van der Waals surface area (Å²) >= 11 is 0. The molecule has 4 rings (SSSR count). The van der Waals surface area contributed by atoms with E-state index in [1.807, 2.05) is 72.3 Å². The van der Waals surface area contributed by atoms with Crippen LogP contribution in [0.15, 0.2) is 67.3 Å². The molecule has 6 nitrogen and oxygen atoms in total. The highest BCUT2D eigenvalue weighted by Gasteiger charge is 2.25. The molecule has 0 amide bonds. The molecule has 0 radical (unpaired) electrons. The van der Waals surface area contributed by atoms with E-state index in [1.165, 1.54) is 5.56 Å². The minimum atomic E-state index is -0.430. The lowest BCUT2D eigenvalue weighted by Gasteiger charge is -2.27. The Kier molecular flexibility index (Phi) is 8.74. The van der Waals surface area contributed by atoms with Gasteiger partial charge in [0.2, 0.25) is 5.88 Å². The van der Waals surface area contributed by atoms with Crippen molar-refractivity contribution in [1.82, 2.24) is 14.7 Å². The lowest BCUT2D eigenvalue weighted by Crippen LogP contribution is -2.37. The van der Waals surface area contributed by atoms with Gasteiger partial charge in [-0.2, -0.15) is 5.10 Å². The van der Waals surface area contributed by atoms with Crippen LogP contribution >= 0.6 is 0 Å². The normalized spacial score (nSPS) is 16.5. The number of aliphatic hydroxyl groups is 1. The number of para-hydroxylation sites is 1. The van der Waals surface area contributed by atoms with Gasteiger partial charge in [-0.05, 0) is 63.8 Å². The number of aromatic nitrogens is 2. The molecule has 1 fully saturated rings. The summed E-state index contributed by atoms with van der Waals surface area (Å²) in [5.74, 6) is 1.47. The van der Waals surface area contributed by atoms with Gasteiger partial charge in [-0.3, -0.25) is 4.90 Å². The number of nitrogens with zero attached hydrogens (tertiary/aromatic N) is 3. The molecule has 1 saturated heterocycles. The predicted octanol–water partition coefficient (Wildman–Crippen LogP) is 5.59. The Morgan fingerprint density at radius 2 is 1.97 bits per heavy atom. The van der Waals surface area contributed by atoms with Crippen molar-refractivity contribution in [3.63, 3.8) is 0 Å². The molecular formula is C29H37N3O3. The van der Waals surface area contributed by atoms with E-state index < -0.39 is 6.10 Å². The van der Waals surface area contributed by atoms with Gasteiger partial charge in [0.25, 0.3) is 0 Å². The molecule has 186 valence electrons. The third-order valence-corrected chi connectivity index (χ3v) is 6.41. The molecule has 0 aliphatic carbocycles. The van der Waals surface area contributed by atoms with E-state index in [0.717, 1.165) is 55.1 Å². The number of rotatable bonds is 12. The lowest BCUT2D eigenvalue weighted by atomic mass is 10.1. The Balaban J connectivity index is 1.66. The van der Waals surface area contributed by atoms with E-state index in [1.54, 1.807) is 0 Å². The van der Waals surface area contributed by atoms with Gasteiger partial charge >= 0.3 is 0 Å². The number of aryl methyl sites for hydroxylation is 2. The van der Waals surface area contributed by atoms with E-state index in [0.29, 0.717) is 25.4 Å². The summed E-state index contributed by atoms with van der Waals surface area (Å²) in [7, 11) is 0. The van der Waals surface area contributed by atoms with Crippen LogP contribution in [0.3, 0.4) is 0 Å². The Morgan fingerprint density at radius 1 is 1.20 bits per heavy atom. The maximum atomic E-state index is 10.7. The van der Waals surface area contributed by atoms with Crippen molar-refractivity contribution < 1.29 is 14.6 Å². The van der Waals surface area contributed by atoms with Gasteiger partial charge in [-0.1, -0.05) is 42.0 Å². The molecule has 35 heavy (non-hydrogen) atoms. The molecule has 0 unspecified atom stereocenters. The molecule has 3 aromatic rings. The first-order valence-electron chi connectivity index (χ1n) is 12.5. The quantitative estimate of drug-likeness (QED) is 0.346. The number of allylic oxidation sites excluding steroid dienone is 1. The van der Waals surface area contributed by atoms with Crippen LogP contribution in [-0.2, 0) is 11.3 Å². The van der Waals surface area contributed by atoms with E-state index >= 15 is 0 Å². The zero-order chi connectivity index (χ0) is 24.6. The second-order valence-corrected chi connectivity index (χ2v) is 9.38. The molecule has 1 aliphatic heterocycles. The number of hydrogen-bond acceptors (Lipinski definition) is 5. The standard InChI is InChI=1S/C29H37N3O3/c1-4-5-12-25(33)19-31(20-27-13-9-18-34-27)21-28-23(3)30-32(24-10-7-6-8-11-24)29(28)35-26-16-14-22(2)15-17-26/h4,6-8,10-11,14-17,25,27,33H,1,5,9,12-13,18-21H2,2-3H3/t25-,27-/m1/s1. The Hall–Kier alpha value is -2.93. The van der Waals surface area contributed by atoms with Gasteiger partial charge in [-0.15, -0.1) is 6.58 Å². The smallest absolute Gasteiger partial charge is 0.227 e. The zero-order valence-corrected chi connectivity index (χ0v) is 20.9. The van der Waals surface area contributed by atoms with E-state index in [-0.39, 0.29) is 6.10 Å². The Labute approximate surface area is 208 Å². The maximum Gasteiger partial charge on any atom is 0.227 e. The van der Waals surface area contributed by atoms with E-state index in [4.69, 9.17) is 14.6 Å². The first kappa shape index (κ1) is 25.2. The van der Waals surface area contributed by atoms with Gasteiger partial charge in [0, 0.05) is 26.2 Å². The number of aliphatic hydroxyl groups excluding tert-OH is 1. The fourth-order valence-corrected chi connectivity index (χ4v) is 4.49. The summed E-state index contributed by atoms with van der Waals surface area (Å²) in [6, 6.07) is 18.1. The van der Waals surface area contributed by atoms with Crippen LogP contribution in [0.2, 0.25) is 0 Å². The van der Waals surface area contributed by atoms with Gasteiger partial charge in [0.05, 0.1) is 29.2 Å². The number of benzene rings is 2. The van der Waals surface area contributed by atoms with Crippen LogP contribution in [-0.4, -0.2) is 51.7 Å². The van der Waals surface area contributed by atoms with E-state index in [9.17, 15) is 5.11 Å². The Morgan fingerprint density at radius 3 is 2.66 bits per heavy atom. The first-order valence-corrected chi connectivity index (χ1v) is 12.5. The van der Waals surface area contributed by atoms with Crippen molar-refractivity contribution in [1.29, 1.82) is 0 Å². The van der Waals surface area contributed by atoms with Gasteiger partial charge < -0.3 is 14.6 Å². The fourth-order valence-electron chi connectivity index (χ4n) is 4.49. The highest BCUT2D eigenvalue weighted by molar-refractivity contribution is 5.43. The highest BCUT2D eigenvalue weighted by Crippen LogP contribution is 2.32. The molecule has 6 heteroatoms. The van der Waals surface area contributed by atoms with Gasteiger partial charge in [0.15, 0.2) is 0 Å². The largest absolute Gasteiger partial charge is 0.439 e. The Bertz CT molecular complexity index is 1070. The molecule has 0 spiro atoms. The highest BCUT2D eigenvalue weighted by atomic mass is 16.5. The van der Waals surface area contributed by atoms with Crippen molar-refractivity contribution in [2.24, 2.45) is 0 Å². The molecule has 2 aromatic carbocycles. The fraction of sp³-hybridized carbons (Fsp3) is 0.414. The first-order chi connectivity index (χ1) is 17.0. The third-order valence-electron chi connectivity index (χ3n) is 6.41. The van der Waals surface area contributed by atoms with Crippen LogP contribution in [0.5, 0.6) is 11.6 Å². The minimum absolute atomic E-state index is 0.188. The monoisotopic (exact) mass is 475 g/mol. The third kappa shape index (κ3) is 6.82. The van der Waals surface area contributed by atoms with Crippen LogP contribution in [0.4, 0.5) is 0 Å². The van der Waals surface area contributed by atoms with Crippen LogP contribution in [0, 0.1) is 13.8 Å². The minimum Gasteiger partial charge on any atom is -0.439 e. The topological polar surface area (TPSA) is 59.8 Å². The molecule has 1 aromatic heterocycles. The molecule has 1 aliphatic rings. The zero-order valence-electron chi connectivity index (χ0n) is 20.9. The van der Waals surface area contributed by atoms with Crippen molar-refractivity contribution in [2.75, 3.05) is 19.7 Å². The number of hydrogen-bond donors (Lipinski definition) is 1. The molecule has 1 N–H and O–H groups in total. The van der Waals surface area contributed by atoms with Gasteiger partial charge in [0.1, 0.15) is 5.75 Å².